The Balaban J connectivity index is 1.30. The van der Waals surface area contributed by atoms with Crippen molar-refractivity contribution in [3.8, 4) is 0 Å². The molecule has 0 unspecified atom stereocenters. The van der Waals surface area contributed by atoms with Crippen molar-refractivity contribution in [1.29, 1.82) is 0 Å². The van der Waals surface area contributed by atoms with E-state index in [2.05, 4.69) is 10.6 Å². The molecule has 0 bridgehead atoms. The van der Waals surface area contributed by atoms with Gasteiger partial charge in [0.1, 0.15) is 6.54 Å². The molecule has 1 fully saturated rings. The first-order chi connectivity index (χ1) is 17.6. The van der Waals surface area contributed by atoms with Crippen LogP contribution in [0, 0.1) is 0 Å². The highest BCUT2D eigenvalue weighted by Crippen LogP contribution is 2.24. The number of Topliss-reactive ketones (excluding diaryl/α,β-unsaturated/α-hetero) is 1. The maximum absolute atomic E-state index is 13.1. The van der Waals surface area contributed by atoms with Crippen LogP contribution in [0.25, 0.3) is 10.9 Å². The predicted molar refractivity (Wildman–Crippen MR) is 141 cm³/mol. The van der Waals surface area contributed by atoms with E-state index in [1.54, 1.807) is 22.9 Å². The zero-order chi connectivity index (χ0) is 24.9. The summed E-state index contributed by atoms with van der Waals surface area (Å²) in [5.41, 5.74) is 3.40. The Morgan fingerprint density at radius 2 is 1.36 bits per heavy atom. The lowest BCUT2D eigenvalue weighted by Crippen LogP contribution is -2.37. The Hall–Kier alpha value is -4.39. The second-order valence-electron chi connectivity index (χ2n) is 8.98. The molecule has 1 aromatic heterocycles. The molecule has 0 atom stereocenters. The molecule has 0 spiro atoms. The smallest absolute Gasteiger partial charge is 0.296 e. The molecule has 0 saturated carbocycles. The Bertz CT molecular complexity index is 1390. The van der Waals surface area contributed by atoms with Gasteiger partial charge in [0.25, 0.3) is 11.7 Å². The van der Waals surface area contributed by atoms with E-state index in [4.69, 9.17) is 0 Å². The fourth-order valence-corrected chi connectivity index (χ4v) is 4.58. The minimum Gasteiger partial charge on any atom is -0.356 e. The number of aromatic nitrogens is 1. The van der Waals surface area contributed by atoms with Crippen molar-refractivity contribution in [3.05, 3.63) is 90.6 Å². The summed E-state index contributed by atoms with van der Waals surface area (Å²) < 4.78 is 1.77. The molecular formula is C29H28N4O3. The number of hydrogen-bond acceptors (Lipinski definition) is 4. The number of carbonyl (C=O) groups is 3. The topological polar surface area (TPSA) is 83.4 Å². The summed E-state index contributed by atoms with van der Waals surface area (Å²) in [6.07, 6.45) is 4.81. The second kappa shape index (κ2) is 10.5. The Kier molecular flexibility index (Phi) is 6.80. The monoisotopic (exact) mass is 480 g/mol. The first-order valence-corrected chi connectivity index (χ1v) is 12.2. The number of hydrogen-bond donors (Lipinski definition) is 2. The zero-order valence-corrected chi connectivity index (χ0v) is 19.9. The Morgan fingerprint density at radius 1 is 0.722 bits per heavy atom. The van der Waals surface area contributed by atoms with Gasteiger partial charge in [-0.15, -0.1) is 0 Å². The fraction of sp³-hybridized carbons (Fsp3) is 0.207. The number of para-hydroxylation sites is 2. The molecule has 0 radical (unpaired) electrons. The maximum Gasteiger partial charge on any atom is 0.296 e. The molecule has 3 aromatic carbocycles. The molecule has 7 nitrogen and oxygen atoms in total. The number of fused-ring (bicyclic) bond motifs is 1. The molecule has 7 heteroatoms. The van der Waals surface area contributed by atoms with Crippen LogP contribution in [0.4, 0.5) is 17.1 Å². The van der Waals surface area contributed by atoms with E-state index in [0.29, 0.717) is 11.1 Å². The lowest BCUT2D eigenvalue weighted by atomic mass is 10.1. The van der Waals surface area contributed by atoms with Crippen LogP contribution in [0.3, 0.4) is 0 Å². The number of rotatable bonds is 7. The number of likely N-dealkylation sites (tertiary alicyclic amines) is 1. The van der Waals surface area contributed by atoms with Crippen molar-refractivity contribution >= 4 is 45.6 Å². The van der Waals surface area contributed by atoms with Gasteiger partial charge >= 0.3 is 0 Å². The summed E-state index contributed by atoms with van der Waals surface area (Å²) in [6, 6.07) is 24.3. The van der Waals surface area contributed by atoms with Gasteiger partial charge in [-0.3, -0.25) is 14.4 Å². The summed E-state index contributed by atoms with van der Waals surface area (Å²) >= 11 is 0. The summed E-state index contributed by atoms with van der Waals surface area (Å²) in [4.78, 5) is 40.7. The number of nitrogens with zero attached hydrogens (tertiary/aromatic N) is 2. The maximum atomic E-state index is 13.1. The van der Waals surface area contributed by atoms with E-state index >= 15 is 0 Å². The molecule has 36 heavy (non-hydrogen) atoms. The Morgan fingerprint density at radius 3 is 2.11 bits per heavy atom. The number of benzene rings is 3. The number of piperidine rings is 1. The highest BCUT2D eigenvalue weighted by molar-refractivity contribution is 6.48. The van der Waals surface area contributed by atoms with Gasteiger partial charge < -0.3 is 20.1 Å². The van der Waals surface area contributed by atoms with Crippen molar-refractivity contribution in [2.75, 3.05) is 23.7 Å². The van der Waals surface area contributed by atoms with E-state index in [9.17, 15) is 14.4 Å². The first-order valence-electron chi connectivity index (χ1n) is 12.2. The molecule has 2 amide bonds. The number of anilines is 3. The summed E-state index contributed by atoms with van der Waals surface area (Å²) in [5.74, 6) is -1.33. The molecule has 2 N–H and O–H groups in total. The van der Waals surface area contributed by atoms with Gasteiger partial charge in [0.2, 0.25) is 5.91 Å². The number of ketones is 1. The molecular weight excluding hydrogens is 452 g/mol. The van der Waals surface area contributed by atoms with Crippen LogP contribution >= 0.6 is 0 Å². The average molecular weight is 481 g/mol. The molecule has 1 aliphatic rings. The van der Waals surface area contributed by atoms with Crippen molar-refractivity contribution in [2.24, 2.45) is 0 Å². The molecule has 4 aromatic rings. The molecule has 1 aliphatic heterocycles. The van der Waals surface area contributed by atoms with Gasteiger partial charge in [-0.25, -0.2) is 0 Å². The van der Waals surface area contributed by atoms with Crippen LogP contribution in [0.15, 0.2) is 85.1 Å². The van der Waals surface area contributed by atoms with E-state index < -0.39 is 11.7 Å². The highest BCUT2D eigenvalue weighted by atomic mass is 16.2. The van der Waals surface area contributed by atoms with Crippen LogP contribution in [0.5, 0.6) is 0 Å². The van der Waals surface area contributed by atoms with Gasteiger partial charge in [-0.2, -0.15) is 0 Å². The number of amides is 2. The van der Waals surface area contributed by atoms with E-state index in [1.165, 1.54) is 0 Å². The number of carbonyl (C=O) groups excluding carboxylic acids is 3. The second-order valence-corrected chi connectivity index (χ2v) is 8.98. The average Bonchev–Trinajstić information content (AvgIpc) is 3.28. The largest absolute Gasteiger partial charge is 0.356 e. The quantitative estimate of drug-likeness (QED) is 0.281. The standard InChI is InChI=1S/C29H28N4O3/c34-27(32-17-7-2-8-18-32)20-33-19-25(24-11-5-6-12-26(24)33)28(35)29(36)31-23-15-13-22(14-16-23)30-21-9-3-1-4-10-21/h1,3-6,9-16,19,30H,2,7-8,17-18,20H2,(H,31,36). The minimum atomic E-state index is -0.718. The van der Waals surface area contributed by atoms with Crippen LogP contribution in [0.1, 0.15) is 29.6 Å². The highest BCUT2D eigenvalue weighted by Gasteiger charge is 2.23. The van der Waals surface area contributed by atoms with Crippen LogP contribution in [0.2, 0.25) is 0 Å². The molecule has 0 aliphatic carbocycles. The Labute approximate surface area is 209 Å². The SMILES string of the molecule is O=C(Nc1ccc(Nc2ccccc2)cc1)C(=O)c1cn(CC(=O)N2CCCCC2)c2ccccc12. The van der Waals surface area contributed by atoms with Gasteiger partial charge in [0, 0.05) is 47.3 Å². The predicted octanol–water partition coefficient (Wildman–Crippen LogP) is 5.22. The van der Waals surface area contributed by atoms with Crippen LogP contribution in [-0.4, -0.2) is 40.2 Å². The molecule has 1 saturated heterocycles. The summed E-state index contributed by atoms with van der Waals surface area (Å²) in [6.45, 7) is 1.68. The van der Waals surface area contributed by atoms with E-state index in [1.807, 2.05) is 71.6 Å². The van der Waals surface area contributed by atoms with E-state index in [0.717, 1.165) is 49.2 Å². The molecule has 2 heterocycles. The normalized spacial score (nSPS) is 13.4. The first kappa shape index (κ1) is 23.4. The molecule has 5 rings (SSSR count). The van der Waals surface area contributed by atoms with Crippen molar-refractivity contribution in [1.82, 2.24) is 9.47 Å². The third-order valence-corrected chi connectivity index (χ3v) is 6.46. The number of nitrogens with one attached hydrogen (secondary N) is 2. The van der Waals surface area contributed by atoms with Gasteiger partial charge in [-0.1, -0.05) is 36.4 Å². The van der Waals surface area contributed by atoms with Gasteiger partial charge in [0.15, 0.2) is 0 Å². The van der Waals surface area contributed by atoms with Crippen molar-refractivity contribution < 1.29 is 14.4 Å². The van der Waals surface area contributed by atoms with Gasteiger partial charge in [0.05, 0.1) is 5.56 Å². The van der Waals surface area contributed by atoms with Crippen LogP contribution < -0.4 is 10.6 Å². The van der Waals surface area contributed by atoms with Crippen LogP contribution in [-0.2, 0) is 16.1 Å². The summed E-state index contributed by atoms with van der Waals surface area (Å²) in [5, 5.41) is 6.64. The lowest BCUT2D eigenvalue weighted by molar-refractivity contribution is -0.132. The molecule has 182 valence electrons. The van der Waals surface area contributed by atoms with Crippen molar-refractivity contribution in [3.63, 3.8) is 0 Å². The van der Waals surface area contributed by atoms with E-state index in [-0.39, 0.29) is 18.0 Å². The zero-order valence-electron chi connectivity index (χ0n) is 19.9. The van der Waals surface area contributed by atoms with Crippen molar-refractivity contribution in [2.45, 2.75) is 25.8 Å². The minimum absolute atomic E-state index is 0.0307. The summed E-state index contributed by atoms with van der Waals surface area (Å²) in [7, 11) is 0. The lowest BCUT2D eigenvalue weighted by Gasteiger charge is -2.27. The third-order valence-electron chi connectivity index (χ3n) is 6.46. The fourth-order valence-electron chi connectivity index (χ4n) is 4.58. The van der Waals surface area contributed by atoms with Gasteiger partial charge in [-0.05, 0) is 61.7 Å². The third kappa shape index (κ3) is 5.15.